The lowest BCUT2D eigenvalue weighted by Crippen LogP contribution is -2.48. The smallest absolute Gasteiger partial charge is 0.245 e. The summed E-state index contributed by atoms with van der Waals surface area (Å²) < 4.78 is 0. The fourth-order valence-corrected chi connectivity index (χ4v) is 3.74. The average Bonchev–Trinajstić information content (AvgIpc) is 2.81. The largest absolute Gasteiger partial charge is 0.325 e. The van der Waals surface area contributed by atoms with Gasteiger partial charge in [0.25, 0.3) is 0 Å². The number of benzene rings is 1. The van der Waals surface area contributed by atoms with Crippen LogP contribution in [0.15, 0.2) is 30.3 Å². The summed E-state index contributed by atoms with van der Waals surface area (Å²) in [7, 11) is 0. The molecule has 1 N–H and O–H groups in total. The maximum atomic E-state index is 12.8. The van der Waals surface area contributed by atoms with Gasteiger partial charge in [0.1, 0.15) is 6.04 Å². The van der Waals surface area contributed by atoms with Crippen LogP contribution in [0.5, 0.6) is 0 Å². The molecule has 1 heterocycles. The summed E-state index contributed by atoms with van der Waals surface area (Å²) in [6.07, 6.45) is 4.90. The molecular weight excluding hydrogens is 248 g/mol. The van der Waals surface area contributed by atoms with Crippen molar-refractivity contribution >= 4 is 5.91 Å². The predicted octanol–water partition coefficient (Wildman–Crippen LogP) is 3.09. The highest BCUT2D eigenvalue weighted by molar-refractivity contribution is 5.85. The molecule has 2 aliphatic rings. The van der Waals surface area contributed by atoms with Crippen molar-refractivity contribution in [3.63, 3.8) is 0 Å². The number of nitrogens with one attached hydrogen (secondary N) is 1. The maximum Gasteiger partial charge on any atom is 0.245 e. The standard InChI is InChI=1S/C17H24N2O/c1-17(2)11-7-6-10-14(17)19-12-18-15(16(19)20)13-8-4-3-5-9-13/h3-5,8-9,14-15,18H,6-7,10-12H2,1-2H3. The van der Waals surface area contributed by atoms with Crippen LogP contribution in [0.4, 0.5) is 0 Å². The van der Waals surface area contributed by atoms with Crippen LogP contribution in [-0.4, -0.2) is 23.5 Å². The highest BCUT2D eigenvalue weighted by Crippen LogP contribution is 2.40. The summed E-state index contributed by atoms with van der Waals surface area (Å²) in [5.74, 6) is 0.246. The lowest BCUT2D eigenvalue weighted by molar-refractivity contribution is -0.134. The molecule has 0 bridgehead atoms. The van der Waals surface area contributed by atoms with Crippen LogP contribution in [0, 0.1) is 5.41 Å². The first-order valence-corrected chi connectivity index (χ1v) is 7.68. The second kappa shape index (κ2) is 5.21. The number of carbonyl (C=O) groups is 1. The van der Waals surface area contributed by atoms with E-state index in [1.54, 1.807) is 0 Å². The third-order valence-electron chi connectivity index (χ3n) is 4.96. The third-order valence-corrected chi connectivity index (χ3v) is 4.96. The molecule has 3 heteroatoms. The van der Waals surface area contributed by atoms with Crippen molar-refractivity contribution in [2.75, 3.05) is 6.67 Å². The molecule has 1 saturated carbocycles. The quantitative estimate of drug-likeness (QED) is 0.897. The normalized spacial score (nSPS) is 29.7. The predicted molar refractivity (Wildman–Crippen MR) is 80.1 cm³/mol. The Kier molecular flexibility index (Phi) is 3.55. The second-order valence-electron chi connectivity index (χ2n) is 6.76. The molecule has 1 aliphatic heterocycles. The monoisotopic (exact) mass is 272 g/mol. The van der Waals surface area contributed by atoms with E-state index < -0.39 is 0 Å². The molecule has 2 unspecified atom stereocenters. The van der Waals surface area contributed by atoms with Crippen LogP contribution in [-0.2, 0) is 4.79 Å². The van der Waals surface area contributed by atoms with E-state index in [4.69, 9.17) is 0 Å². The van der Waals surface area contributed by atoms with E-state index >= 15 is 0 Å². The van der Waals surface area contributed by atoms with Crippen LogP contribution in [0.2, 0.25) is 0 Å². The van der Waals surface area contributed by atoms with Gasteiger partial charge in [-0.1, -0.05) is 57.0 Å². The van der Waals surface area contributed by atoms with Crippen LogP contribution < -0.4 is 5.32 Å². The molecule has 2 fully saturated rings. The van der Waals surface area contributed by atoms with Crippen molar-refractivity contribution in [1.29, 1.82) is 0 Å². The number of carbonyl (C=O) groups excluding carboxylic acids is 1. The van der Waals surface area contributed by atoms with E-state index in [0.29, 0.717) is 12.7 Å². The zero-order valence-electron chi connectivity index (χ0n) is 12.4. The number of hydrogen-bond acceptors (Lipinski definition) is 2. The molecule has 1 amide bonds. The van der Waals surface area contributed by atoms with Gasteiger partial charge in [-0.15, -0.1) is 0 Å². The molecule has 3 rings (SSSR count). The van der Waals surface area contributed by atoms with Crippen LogP contribution in [0.3, 0.4) is 0 Å². The molecule has 1 saturated heterocycles. The van der Waals surface area contributed by atoms with Gasteiger partial charge < -0.3 is 4.90 Å². The Bertz CT molecular complexity index is 483. The van der Waals surface area contributed by atoms with Crippen molar-refractivity contribution in [3.8, 4) is 0 Å². The maximum absolute atomic E-state index is 12.8. The Labute approximate surface area is 121 Å². The lowest BCUT2D eigenvalue weighted by atomic mass is 9.72. The SMILES string of the molecule is CC1(C)CCCCC1N1CNC(c2ccccc2)C1=O. The number of amides is 1. The van der Waals surface area contributed by atoms with E-state index in [0.717, 1.165) is 12.0 Å². The molecule has 0 aromatic heterocycles. The number of nitrogens with zero attached hydrogens (tertiary/aromatic N) is 1. The Balaban J connectivity index is 1.79. The van der Waals surface area contributed by atoms with Gasteiger partial charge in [-0.25, -0.2) is 0 Å². The fraction of sp³-hybridized carbons (Fsp3) is 0.588. The Hall–Kier alpha value is -1.35. The highest BCUT2D eigenvalue weighted by atomic mass is 16.2. The topological polar surface area (TPSA) is 32.3 Å². The van der Waals surface area contributed by atoms with Gasteiger partial charge in [-0.2, -0.15) is 0 Å². The first-order chi connectivity index (χ1) is 9.59. The third kappa shape index (κ3) is 2.35. The van der Waals surface area contributed by atoms with Gasteiger partial charge in [0.05, 0.1) is 6.67 Å². The van der Waals surface area contributed by atoms with Gasteiger partial charge in [0.2, 0.25) is 5.91 Å². The minimum absolute atomic E-state index is 0.158. The molecule has 1 aromatic carbocycles. The Morgan fingerprint density at radius 2 is 1.95 bits per heavy atom. The molecule has 20 heavy (non-hydrogen) atoms. The molecule has 3 nitrogen and oxygen atoms in total. The Morgan fingerprint density at radius 1 is 1.20 bits per heavy atom. The minimum atomic E-state index is -0.158. The summed E-state index contributed by atoms with van der Waals surface area (Å²) in [6.45, 7) is 5.30. The molecule has 0 spiro atoms. The van der Waals surface area contributed by atoms with Gasteiger partial charge in [0.15, 0.2) is 0 Å². The molecular formula is C17H24N2O. The number of hydrogen-bond donors (Lipinski definition) is 1. The van der Waals surface area contributed by atoms with Crippen molar-refractivity contribution in [2.45, 2.75) is 51.6 Å². The molecule has 108 valence electrons. The Morgan fingerprint density at radius 3 is 2.65 bits per heavy atom. The van der Waals surface area contributed by atoms with E-state index in [2.05, 4.69) is 24.1 Å². The zero-order chi connectivity index (χ0) is 14.2. The highest BCUT2D eigenvalue weighted by Gasteiger charge is 2.43. The lowest BCUT2D eigenvalue weighted by Gasteiger charge is -2.43. The van der Waals surface area contributed by atoms with Crippen molar-refractivity contribution in [3.05, 3.63) is 35.9 Å². The van der Waals surface area contributed by atoms with Crippen molar-refractivity contribution in [1.82, 2.24) is 10.2 Å². The van der Waals surface area contributed by atoms with Gasteiger partial charge >= 0.3 is 0 Å². The molecule has 1 aromatic rings. The summed E-state index contributed by atoms with van der Waals surface area (Å²) >= 11 is 0. The first kappa shape index (κ1) is 13.6. The summed E-state index contributed by atoms with van der Waals surface area (Å²) in [4.78, 5) is 14.8. The van der Waals surface area contributed by atoms with Crippen molar-refractivity contribution in [2.24, 2.45) is 5.41 Å². The first-order valence-electron chi connectivity index (χ1n) is 7.68. The van der Waals surface area contributed by atoms with E-state index in [9.17, 15) is 4.79 Å². The summed E-state index contributed by atoms with van der Waals surface area (Å²) in [5.41, 5.74) is 1.31. The molecule has 1 aliphatic carbocycles. The average molecular weight is 272 g/mol. The summed E-state index contributed by atoms with van der Waals surface area (Å²) in [5, 5.41) is 3.38. The van der Waals surface area contributed by atoms with E-state index in [1.165, 1.54) is 19.3 Å². The summed E-state index contributed by atoms with van der Waals surface area (Å²) in [6, 6.07) is 10.3. The number of rotatable bonds is 2. The van der Waals surface area contributed by atoms with Gasteiger partial charge in [-0.05, 0) is 23.8 Å². The van der Waals surface area contributed by atoms with Crippen LogP contribution in [0.1, 0.15) is 51.1 Å². The van der Waals surface area contributed by atoms with Crippen LogP contribution >= 0.6 is 0 Å². The molecule has 0 radical (unpaired) electrons. The van der Waals surface area contributed by atoms with Crippen molar-refractivity contribution < 1.29 is 4.79 Å². The molecule has 2 atom stereocenters. The van der Waals surface area contributed by atoms with Gasteiger partial charge in [-0.3, -0.25) is 10.1 Å². The second-order valence-corrected chi connectivity index (χ2v) is 6.76. The van der Waals surface area contributed by atoms with E-state index in [1.807, 2.05) is 30.3 Å². The van der Waals surface area contributed by atoms with E-state index in [-0.39, 0.29) is 17.4 Å². The zero-order valence-corrected chi connectivity index (χ0v) is 12.4. The minimum Gasteiger partial charge on any atom is -0.325 e. The van der Waals surface area contributed by atoms with Gasteiger partial charge in [0, 0.05) is 6.04 Å². The fourth-order valence-electron chi connectivity index (χ4n) is 3.74. The van der Waals surface area contributed by atoms with Crippen LogP contribution in [0.25, 0.3) is 0 Å².